The third kappa shape index (κ3) is 6.12. The fraction of sp³-hybridized carbons (Fsp3) is 0.538. The summed E-state index contributed by atoms with van der Waals surface area (Å²) in [6, 6.07) is 10.2. The lowest BCUT2D eigenvalue weighted by atomic mass is 10.00. The van der Waals surface area contributed by atoms with E-state index in [0.29, 0.717) is 31.5 Å². The maximum Gasteiger partial charge on any atom is 0.242 e. The number of fused-ring (bicyclic) bond motifs is 1. The highest BCUT2D eigenvalue weighted by molar-refractivity contribution is 7.10. The van der Waals surface area contributed by atoms with E-state index in [0.717, 1.165) is 18.6 Å². The molecule has 0 bridgehead atoms. The monoisotopic (exact) mass is 456 g/mol. The van der Waals surface area contributed by atoms with Crippen LogP contribution >= 0.6 is 11.3 Å². The second-order valence-corrected chi connectivity index (χ2v) is 10.3. The van der Waals surface area contributed by atoms with Crippen LogP contribution in [0.1, 0.15) is 69.0 Å². The minimum atomic E-state index is -0.138. The minimum Gasteiger partial charge on any atom is -0.491 e. The second-order valence-electron chi connectivity index (χ2n) is 9.31. The third-order valence-electron chi connectivity index (χ3n) is 6.12. The molecule has 0 radical (unpaired) electrons. The normalized spacial score (nSPS) is 15.7. The number of carbonyl (C=O) groups is 2. The Labute approximate surface area is 196 Å². The molecule has 0 saturated heterocycles. The Morgan fingerprint density at radius 3 is 2.50 bits per heavy atom. The average Bonchev–Trinajstić information content (AvgIpc) is 3.23. The Morgan fingerprint density at radius 2 is 1.88 bits per heavy atom. The van der Waals surface area contributed by atoms with Crippen LogP contribution in [0, 0.1) is 5.92 Å². The Balaban J connectivity index is 1.72. The van der Waals surface area contributed by atoms with Crippen LogP contribution in [0.3, 0.4) is 0 Å². The molecule has 0 fully saturated rings. The standard InChI is InChI=1S/C26H36N2O3S/c1-18(2)10-13-27(20(5)29)16-26(30)28-14-11-25-23(12-15-32-25)24(28)17-31-22-8-6-21(7-9-22)19(3)4/h6-9,12,15,18-19,24H,10-11,13-14,16-17H2,1-5H3/t24-/m0/s1. The average molecular weight is 457 g/mol. The van der Waals surface area contributed by atoms with E-state index in [1.165, 1.54) is 16.0 Å². The molecule has 3 rings (SSSR count). The van der Waals surface area contributed by atoms with Gasteiger partial charge in [-0.2, -0.15) is 0 Å². The highest BCUT2D eigenvalue weighted by Crippen LogP contribution is 2.34. The smallest absolute Gasteiger partial charge is 0.242 e. The van der Waals surface area contributed by atoms with Crippen LogP contribution in [0.4, 0.5) is 0 Å². The topological polar surface area (TPSA) is 49.9 Å². The molecule has 1 aliphatic heterocycles. The van der Waals surface area contributed by atoms with Crippen LogP contribution in [0.15, 0.2) is 35.7 Å². The van der Waals surface area contributed by atoms with Gasteiger partial charge in [-0.1, -0.05) is 39.8 Å². The fourth-order valence-electron chi connectivity index (χ4n) is 4.01. The summed E-state index contributed by atoms with van der Waals surface area (Å²) in [5.74, 6) is 1.71. The summed E-state index contributed by atoms with van der Waals surface area (Å²) in [6.07, 6.45) is 1.74. The van der Waals surface area contributed by atoms with Crippen molar-refractivity contribution < 1.29 is 14.3 Å². The highest BCUT2D eigenvalue weighted by Gasteiger charge is 2.33. The molecule has 0 saturated carbocycles. The van der Waals surface area contributed by atoms with E-state index < -0.39 is 0 Å². The van der Waals surface area contributed by atoms with E-state index >= 15 is 0 Å². The number of hydrogen-bond acceptors (Lipinski definition) is 4. The van der Waals surface area contributed by atoms with E-state index in [1.807, 2.05) is 17.0 Å². The molecule has 5 nitrogen and oxygen atoms in total. The van der Waals surface area contributed by atoms with Gasteiger partial charge in [0.2, 0.25) is 11.8 Å². The molecule has 2 heterocycles. The number of carbonyl (C=O) groups excluding carboxylic acids is 2. The fourth-order valence-corrected chi connectivity index (χ4v) is 4.94. The Hall–Kier alpha value is -2.34. The first kappa shape index (κ1) is 24.3. The van der Waals surface area contributed by atoms with Gasteiger partial charge in [0.15, 0.2) is 0 Å². The molecule has 32 heavy (non-hydrogen) atoms. The van der Waals surface area contributed by atoms with Crippen molar-refractivity contribution in [2.45, 2.75) is 59.4 Å². The molecule has 1 aliphatic rings. The van der Waals surface area contributed by atoms with Crippen LogP contribution < -0.4 is 4.74 Å². The van der Waals surface area contributed by atoms with Gasteiger partial charge < -0.3 is 14.5 Å². The zero-order chi connectivity index (χ0) is 23.3. The molecule has 2 amide bonds. The number of nitrogens with zero attached hydrogens (tertiary/aromatic N) is 2. The number of rotatable bonds is 9. The summed E-state index contributed by atoms with van der Waals surface area (Å²) in [6.45, 7) is 11.9. The van der Waals surface area contributed by atoms with Crippen molar-refractivity contribution in [1.29, 1.82) is 0 Å². The molecule has 2 aromatic rings. The largest absolute Gasteiger partial charge is 0.491 e. The number of amides is 2. The van der Waals surface area contributed by atoms with Gasteiger partial charge in [-0.15, -0.1) is 11.3 Å². The molecule has 1 aromatic carbocycles. The third-order valence-corrected chi connectivity index (χ3v) is 7.11. The number of benzene rings is 1. The molecule has 1 aromatic heterocycles. The maximum atomic E-state index is 13.3. The van der Waals surface area contributed by atoms with Crippen molar-refractivity contribution in [2.24, 2.45) is 5.92 Å². The van der Waals surface area contributed by atoms with E-state index in [4.69, 9.17) is 4.74 Å². The van der Waals surface area contributed by atoms with Crippen LogP contribution in [-0.4, -0.2) is 47.9 Å². The molecule has 6 heteroatoms. The summed E-state index contributed by atoms with van der Waals surface area (Å²) in [5.41, 5.74) is 2.45. The summed E-state index contributed by atoms with van der Waals surface area (Å²) >= 11 is 1.74. The van der Waals surface area contributed by atoms with Crippen LogP contribution in [-0.2, 0) is 16.0 Å². The quantitative estimate of drug-likeness (QED) is 0.516. The SMILES string of the molecule is CC(=O)N(CCC(C)C)CC(=O)N1CCc2sccc2[C@@H]1COc1ccc(C(C)C)cc1. The van der Waals surface area contributed by atoms with Crippen LogP contribution in [0.25, 0.3) is 0 Å². The summed E-state index contributed by atoms with van der Waals surface area (Å²) in [7, 11) is 0. The Kier molecular flexibility index (Phi) is 8.35. The predicted octanol–water partition coefficient (Wildman–Crippen LogP) is 5.27. The van der Waals surface area contributed by atoms with Crippen molar-refractivity contribution in [1.82, 2.24) is 9.80 Å². The first-order chi connectivity index (χ1) is 15.3. The molecule has 0 aliphatic carbocycles. The molecule has 174 valence electrons. The Bertz CT molecular complexity index is 904. The second kappa shape index (κ2) is 11.0. The molecule has 0 unspecified atom stereocenters. The molecule has 1 atom stereocenters. The van der Waals surface area contributed by atoms with E-state index in [2.05, 4.69) is 51.3 Å². The number of ether oxygens (including phenoxy) is 1. The van der Waals surface area contributed by atoms with Crippen molar-refractivity contribution in [3.8, 4) is 5.75 Å². The zero-order valence-corrected chi connectivity index (χ0v) is 20.8. The zero-order valence-electron chi connectivity index (χ0n) is 20.0. The maximum absolute atomic E-state index is 13.3. The van der Waals surface area contributed by atoms with Gasteiger partial charge in [-0.05, 0) is 59.4 Å². The van der Waals surface area contributed by atoms with E-state index in [-0.39, 0.29) is 24.4 Å². The number of hydrogen-bond donors (Lipinski definition) is 0. The van der Waals surface area contributed by atoms with Crippen molar-refractivity contribution in [3.05, 3.63) is 51.7 Å². The van der Waals surface area contributed by atoms with Gasteiger partial charge in [0.25, 0.3) is 0 Å². The lowest BCUT2D eigenvalue weighted by molar-refractivity contribution is -0.142. The van der Waals surface area contributed by atoms with Gasteiger partial charge in [-0.3, -0.25) is 9.59 Å². The molecule has 0 N–H and O–H groups in total. The summed E-state index contributed by atoms with van der Waals surface area (Å²) in [4.78, 5) is 30.3. The van der Waals surface area contributed by atoms with E-state index in [1.54, 1.807) is 23.2 Å². The van der Waals surface area contributed by atoms with Crippen molar-refractivity contribution in [2.75, 3.05) is 26.2 Å². The van der Waals surface area contributed by atoms with Crippen LogP contribution in [0.5, 0.6) is 5.75 Å². The summed E-state index contributed by atoms with van der Waals surface area (Å²) in [5, 5.41) is 2.09. The molecular weight excluding hydrogens is 420 g/mol. The van der Waals surface area contributed by atoms with E-state index in [9.17, 15) is 9.59 Å². The molecular formula is C26H36N2O3S. The molecule has 0 spiro atoms. The summed E-state index contributed by atoms with van der Waals surface area (Å²) < 4.78 is 6.15. The van der Waals surface area contributed by atoms with Gasteiger partial charge in [-0.25, -0.2) is 0 Å². The number of thiophene rings is 1. The van der Waals surface area contributed by atoms with Crippen LogP contribution in [0.2, 0.25) is 0 Å². The van der Waals surface area contributed by atoms with Crippen molar-refractivity contribution in [3.63, 3.8) is 0 Å². The van der Waals surface area contributed by atoms with Gasteiger partial charge in [0.05, 0.1) is 12.6 Å². The lowest BCUT2D eigenvalue weighted by Gasteiger charge is -2.37. The van der Waals surface area contributed by atoms with Gasteiger partial charge in [0, 0.05) is 24.9 Å². The van der Waals surface area contributed by atoms with Gasteiger partial charge >= 0.3 is 0 Å². The highest BCUT2D eigenvalue weighted by atomic mass is 32.1. The van der Waals surface area contributed by atoms with Crippen molar-refractivity contribution >= 4 is 23.2 Å². The lowest BCUT2D eigenvalue weighted by Crippen LogP contribution is -2.47. The first-order valence-corrected chi connectivity index (χ1v) is 12.5. The minimum absolute atomic E-state index is 0.00966. The predicted molar refractivity (Wildman–Crippen MR) is 130 cm³/mol. The van der Waals surface area contributed by atoms with Gasteiger partial charge in [0.1, 0.15) is 12.4 Å². The first-order valence-electron chi connectivity index (χ1n) is 11.6. The Morgan fingerprint density at radius 1 is 1.16 bits per heavy atom.